The Morgan fingerprint density at radius 3 is 2.76 bits per heavy atom. The fourth-order valence-corrected chi connectivity index (χ4v) is 4.59. The number of nitrogens with one attached hydrogen (secondary N) is 1. The van der Waals surface area contributed by atoms with Crippen molar-refractivity contribution < 1.29 is 24.7 Å². The van der Waals surface area contributed by atoms with Gasteiger partial charge in [-0.2, -0.15) is 0 Å². The molecule has 0 radical (unpaired) electrons. The Bertz CT molecular complexity index is 839. The van der Waals surface area contributed by atoms with Crippen LogP contribution in [-0.4, -0.2) is 80.7 Å². The Morgan fingerprint density at radius 2 is 2.03 bits per heavy atom. The van der Waals surface area contributed by atoms with Crippen LogP contribution in [0.25, 0.3) is 0 Å². The molecule has 3 aliphatic heterocycles. The number of nitrogens with zero attached hydrogens (tertiary/aromatic N) is 4. The molecule has 3 unspecified atom stereocenters. The Kier molecular flexibility index (Phi) is 5.50. The molecule has 0 aromatic heterocycles. The van der Waals surface area contributed by atoms with Crippen molar-refractivity contribution in [2.45, 2.75) is 47.9 Å². The SMILES string of the molecule is O=C1NC=NC2C1N=CN2[C@@H]1O[C@H](C(SCc2ccccc2)[N+](=O)[O-])[C@@H](O)[C@H]1O. The molecule has 1 saturated heterocycles. The first-order chi connectivity index (χ1) is 14.0. The fourth-order valence-electron chi connectivity index (χ4n) is 3.50. The van der Waals surface area contributed by atoms with Gasteiger partial charge in [0.25, 0.3) is 11.3 Å². The second kappa shape index (κ2) is 8.06. The Morgan fingerprint density at radius 1 is 1.28 bits per heavy atom. The van der Waals surface area contributed by atoms with E-state index in [2.05, 4.69) is 15.3 Å². The molecule has 0 saturated carbocycles. The number of fused-ring (bicyclic) bond motifs is 1. The zero-order valence-electron chi connectivity index (χ0n) is 15.0. The number of aliphatic hydroxyl groups is 2. The highest BCUT2D eigenvalue weighted by Crippen LogP contribution is 2.35. The average Bonchev–Trinajstić information content (AvgIpc) is 3.26. The van der Waals surface area contributed by atoms with Crippen molar-refractivity contribution in [1.29, 1.82) is 0 Å². The lowest BCUT2D eigenvalue weighted by Gasteiger charge is -2.31. The van der Waals surface area contributed by atoms with Crippen LogP contribution in [0.1, 0.15) is 5.56 Å². The van der Waals surface area contributed by atoms with Gasteiger partial charge >= 0.3 is 0 Å². The van der Waals surface area contributed by atoms with E-state index in [1.165, 1.54) is 17.6 Å². The summed E-state index contributed by atoms with van der Waals surface area (Å²) in [6.45, 7) is 0. The van der Waals surface area contributed by atoms with Gasteiger partial charge < -0.3 is 25.2 Å². The minimum absolute atomic E-state index is 0.347. The van der Waals surface area contributed by atoms with E-state index in [9.17, 15) is 25.1 Å². The van der Waals surface area contributed by atoms with Gasteiger partial charge in [-0.1, -0.05) is 42.1 Å². The van der Waals surface area contributed by atoms with Crippen LogP contribution in [0, 0.1) is 10.1 Å². The molecule has 3 heterocycles. The molecule has 0 aliphatic carbocycles. The summed E-state index contributed by atoms with van der Waals surface area (Å²) in [5.74, 6) is -0.00454. The van der Waals surface area contributed by atoms with Crippen LogP contribution in [0.4, 0.5) is 0 Å². The minimum atomic E-state index is -1.48. The van der Waals surface area contributed by atoms with Crippen LogP contribution >= 0.6 is 11.8 Å². The lowest BCUT2D eigenvalue weighted by molar-refractivity contribution is -0.509. The van der Waals surface area contributed by atoms with Gasteiger partial charge in [0.15, 0.2) is 24.5 Å². The number of aliphatic hydroxyl groups excluding tert-OH is 2. The highest BCUT2D eigenvalue weighted by Gasteiger charge is 2.55. The van der Waals surface area contributed by atoms with Gasteiger partial charge in [-0.3, -0.25) is 19.9 Å². The number of benzene rings is 1. The van der Waals surface area contributed by atoms with Crippen molar-refractivity contribution in [3.63, 3.8) is 0 Å². The Labute approximate surface area is 169 Å². The molecule has 3 N–H and O–H groups in total. The van der Waals surface area contributed by atoms with E-state index >= 15 is 0 Å². The normalized spacial score (nSPS) is 34.1. The van der Waals surface area contributed by atoms with Gasteiger partial charge in [0.05, 0.1) is 12.7 Å². The predicted octanol–water partition coefficient (Wildman–Crippen LogP) is -0.834. The number of carbonyl (C=O) groups excluding carboxylic acids is 1. The number of thioether (sulfide) groups is 1. The van der Waals surface area contributed by atoms with Gasteiger partial charge in [-0.05, 0) is 5.56 Å². The second-order valence-electron chi connectivity index (χ2n) is 6.80. The van der Waals surface area contributed by atoms with E-state index in [1.807, 2.05) is 30.3 Å². The van der Waals surface area contributed by atoms with Gasteiger partial charge in [0.2, 0.25) is 0 Å². The molecule has 1 amide bonds. The van der Waals surface area contributed by atoms with E-state index in [0.717, 1.165) is 17.3 Å². The van der Waals surface area contributed by atoms with Gasteiger partial charge in [0, 0.05) is 10.7 Å². The number of carbonyl (C=O) groups is 1. The lowest BCUT2D eigenvalue weighted by Crippen LogP contribution is -2.53. The predicted molar refractivity (Wildman–Crippen MR) is 104 cm³/mol. The average molecular weight is 421 g/mol. The molecular weight excluding hydrogens is 402 g/mol. The molecule has 1 aromatic carbocycles. The van der Waals surface area contributed by atoms with Crippen LogP contribution in [0.5, 0.6) is 0 Å². The molecule has 1 fully saturated rings. The first kappa shape index (κ1) is 19.8. The summed E-state index contributed by atoms with van der Waals surface area (Å²) in [4.78, 5) is 32.6. The lowest BCUT2D eigenvalue weighted by atomic mass is 10.1. The zero-order chi connectivity index (χ0) is 20.5. The summed E-state index contributed by atoms with van der Waals surface area (Å²) in [7, 11) is 0. The topological polar surface area (TPSA) is 150 Å². The summed E-state index contributed by atoms with van der Waals surface area (Å²) in [5, 5.41) is 33.8. The van der Waals surface area contributed by atoms with Crippen molar-refractivity contribution in [2.24, 2.45) is 9.98 Å². The van der Waals surface area contributed by atoms with Gasteiger partial charge in [0.1, 0.15) is 12.2 Å². The van der Waals surface area contributed by atoms with Crippen LogP contribution in [0.15, 0.2) is 40.3 Å². The highest BCUT2D eigenvalue weighted by atomic mass is 32.2. The number of hydrogen-bond acceptors (Lipinski definition) is 10. The number of nitro groups is 1. The first-order valence-electron chi connectivity index (χ1n) is 8.91. The molecule has 12 heteroatoms. The molecule has 11 nitrogen and oxygen atoms in total. The van der Waals surface area contributed by atoms with Crippen molar-refractivity contribution >= 4 is 30.3 Å². The molecular formula is C17H19N5O6S. The van der Waals surface area contributed by atoms with Gasteiger partial charge in [-0.25, -0.2) is 4.99 Å². The second-order valence-corrected chi connectivity index (χ2v) is 7.91. The van der Waals surface area contributed by atoms with Crippen LogP contribution in [0.3, 0.4) is 0 Å². The summed E-state index contributed by atoms with van der Waals surface area (Å²) < 4.78 is 5.73. The standard InChI is InChI=1S/C17H19N5O6S/c23-11-12(24)16(21-8-20-10-14(21)18-7-19-15(10)25)28-13(11)17(22(26)27)29-6-9-4-2-1-3-5-9/h1-5,7-8,10-14,16-17,23-24H,6H2,(H,18,19,25)/t10?,11-,12+,13-,14?,16+,17?/m0/s1. The Hall–Kier alpha value is -2.54. The number of aliphatic imine (C=N–C) groups is 2. The molecule has 0 bridgehead atoms. The quantitative estimate of drug-likeness (QED) is 0.306. The molecule has 4 rings (SSSR count). The summed E-state index contributed by atoms with van der Waals surface area (Å²) in [5.41, 5.74) is 0.894. The summed E-state index contributed by atoms with van der Waals surface area (Å²) in [6, 6.07) is 8.42. The molecule has 0 spiro atoms. The van der Waals surface area contributed by atoms with E-state index in [1.54, 1.807) is 0 Å². The van der Waals surface area contributed by atoms with Crippen LogP contribution < -0.4 is 5.32 Å². The van der Waals surface area contributed by atoms with Crippen molar-refractivity contribution in [3.05, 3.63) is 46.0 Å². The van der Waals surface area contributed by atoms with Crippen molar-refractivity contribution in [1.82, 2.24) is 10.2 Å². The van der Waals surface area contributed by atoms with E-state index in [0.29, 0.717) is 5.75 Å². The zero-order valence-corrected chi connectivity index (χ0v) is 15.8. The van der Waals surface area contributed by atoms with Crippen LogP contribution in [-0.2, 0) is 15.3 Å². The maximum Gasteiger partial charge on any atom is 0.287 e. The number of hydrogen-bond donors (Lipinski definition) is 3. The van der Waals surface area contributed by atoms with Crippen molar-refractivity contribution in [2.75, 3.05) is 0 Å². The smallest absolute Gasteiger partial charge is 0.287 e. The molecule has 3 aliphatic rings. The number of rotatable bonds is 6. The van der Waals surface area contributed by atoms with Gasteiger partial charge in [-0.15, -0.1) is 0 Å². The molecule has 29 heavy (non-hydrogen) atoms. The summed E-state index contributed by atoms with van der Waals surface area (Å²) in [6.07, 6.45) is -3.45. The molecule has 1 aromatic rings. The van der Waals surface area contributed by atoms with E-state index in [4.69, 9.17) is 4.74 Å². The third-order valence-electron chi connectivity index (χ3n) is 4.97. The van der Waals surface area contributed by atoms with E-state index < -0.39 is 47.0 Å². The van der Waals surface area contributed by atoms with E-state index in [-0.39, 0.29) is 5.91 Å². The molecule has 7 atom stereocenters. The fraction of sp³-hybridized carbons (Fsp3) is 0.471. The van der Waals surface area contributed by atoms with Crippen molar-refractivity contribution in [3.8, 4) is 0 Å². The van der Waals surface area contributed by atoms with Crippen LogP contribution in [0.2, 0.25) is 0 Å². The first-order valence-corrected chi connectivity index (χ1v) is 9.95. The largest absolute Gasteiger partial charge is 0.387 e. The Balaban J connectivity index is 1.49. The number of ether oxygens (including phenoxy) is 1. The minimum Gasteiger partial charge on any atom is -0.387 e. The highest BCUT2D eigenvalue weighted by molar-refractivity contribution is 7.99. The monoisotopic (exact) mass is 421 g/mol. The third kappa shape index (κ3) is 3.71. The summed E-state index contributed by atoms with van der Waals surface area (Å²) >= 11 is 1.01. The third-order valence-corrected chi connectivity index (χ3v) is 6.25. The maximum absolute atomic E-state index is 11.9. The maximum atomic E-state index is 11.9. The molecule has 154 valence electrons. The number of amides is 1.